The lowest BCUT2D eigenvalue weighted by Crippen LogP contribution is -2.59. The second kappa shape index (κ2) is 4.66. The van der Waals surface area contributed by atoms with Crippen LogP contribution in [0.4, 0.5) is 0 Å². The lowest BCUT2D eigenvalue weighted by atomic mass is 9.91. The molecule has 0 bridgehead atoms. The minimum absolute atomic E-state index is 0.308. The fourth-order valence-electron chi connectivity index (χ4n) is 3.78. The molecule has 0 aromatic heterocycles. The molecule has 16 heavy (non-hydrogen) atoms. The highest BCUT2D eigenvalue weighted by Crippen LogP contribution is 2.37. The van der Waals surface area contributed by atoms with Gasteiger partial charge in [0.2, 0.25) is 0 Å². The Balaban J connectivity index is 1.97. The molecule has 0 radical (unpaired) electrons. The van der Waals surface area contributed by atoms with Crippen molar-refractivity contribution in [3.05, 3.63) is 0 Å². The molecule has 2 rings (SSSR count). The van der Waals surface area contributed by atoms with E-state index in [4.69, 9.17) is 0 Å². The van der Waals surface area contributed by atoms with Crippen LogP contribution in [-0.2, 0) is 0 Å². The molecular weight excluding hydrogens is 196 g/mol. The third kappa shape index (κ3) is 2.43. The quantitative estimate of drug-likeness (QED) is 0.775. The third-order valence-electron chi connectivity index (χ3n) is 4.78. The van der Waals surface area contributed by atoms with Gasteiger partial charge in [-0.15, -0.1) is 0 Å². The Labute approximate surface area is 101 Å². The minimum atomic E-state index is 0.308. The van der Waals surface area contributed by atoms with Crippen molar-refractivity contribution in [2.24, 2.45) is 11.8 Å². The molecule has 2 heteroatoms. The van der Waals surface area contributed by atoms with Crippen LogP contribution in [-0.4, -0.2) is 36.1 Å². The van der Waals surface area contributed by atoms with Gasteiger partial charge in [0.15, 0.2) is 0 Å². The zero-order valence-electron chi connectivity index (χ0n) is 11.4. The fourth-order valence-corrected chi connectivity index (χ4v) is 3.78. The van der Waals surface area contributed by atoms with E-state index in [1.807, 2.05) is 0 Å². The molecule has 0 aromatic carbocycles. The van der Waals surface area contributed by atoms with E-state index in [0.29, 0.717) is 5.54 Å². The van der Waals surface area contributed by atoms with Crippen molar-refractivity contribution in [2.45, 2.75) is 58.5 Å². The highest BCUT2D eigenvalue weighted by Gasteiger charge is 2.38. The fraction of sp³-hybridized carbons (Fsp3) is 1.00. The van der Waals surface area contributed by atoms with E-state index in [0.717, 1.165) is 24.4 Å². The van der Waals surface area contributed by atoms with E-state index < -0.39 is 0 Å². The number of hydrogen-bond acceptors (Lipinski definition) is 2. The predicted octanol–water partition coefficient (Wildman–Crippen LogP) is 2.49. The van der Waals surface area contributed by atoms with Gasteiger partial charge in [0.05, 0.1) is 0 Å². The molecule has 0 spiro atoms. The molecule has 0 aromatic rings. The molecule has 1 aliphatic heterocycles. The summed E-state index contributed by atoms with van der Waals surface area (Å²) in [5, 5.41) is 3.61. The van der Waals surface area contributed by atoms with Crippen molar-refractivity contribution < 1.29 is 0 Å². The molecule has 2 aliphatic rings. The Hall–Kier alpha value is -0.0800. The molecular formula is C14H28N2. The average Bonchev–Trinajstić information content (AvgIpc) is 2.58. The second-order valence-electron chi connectivity index (χ2n) is 6.45. The van der Waals surface area contributed by atoms with Crippen molar-refractivity contribution in [3.8, 4) is 0 Å². The van der Waals surface area contributed by atoms with Crippen LogP contribution in [0.5, 0.6) is 0 Å². The summed E-state index contributed by atoms with van der Waals surface area (Å²) in [4.78, 5) is 2.75. The number of hydrogen-bond donors (Lipinski definition) is 1. The average molecular weight is 224 g/mol. The number of rotatable bonds is 2. The zero-order valence-corrected chi connectivity index (χ0v) is 11.4. The summed E-state index contributed by atoms with van der Waals surface area (Å²) in [5.41, 5.74) is 0.308. The maximum absolute atomic E-state index is 3.61. The van der Waals surface area contributed by atoms with Gasteiger partial charge in [0, 0.05) is 31.2 Å². The van der Waals surface area contributed by atoms with Crippen molar-refractivity contribution in [1.29, 1.82) is 0 Å². The third-order valence-corrected chi connectivity index (χ3v) is 4.78. The molecule has 3 atom stereocenters. The van der Waals surface area contributed by atoms with E-state index >= 15 is 0 Å². The molecule has 1 N–H and O–H groups in total. The van der Waals surface area contributed by atoms with E-state index in [9.17, 15) is 0 Å². The van der Waals surface area contributed by atoms with Crippen LogP contribution in [0.2, 0.25) is 0 Å². The minimum Gasteiger partial charge on any atom is -0.309 e. The number of nitrogens with one attached hydrogen (secondary N) is 1. The van der Waals surface area contributed by atoms with Crippen LogP contribution in [0.15, 0.2) is 0 Å². The predicted molar refractivity (Wildman–Crippen MR) is 69.6 cm³/mol. The summed E-state index contributed by atoms with van der Waals surface area (Å²) >= 11 is 0. The summed E-state index contributed by atoms with van der Waals surface area (Å²) in [6.07, 6.45) is 4.25. The maximum atomic E-state index is 3.61. The Morgan fingerprint density at radius 3 is 2.62 bits per heavy atom. The maximum Gasteiger partial charge on any atom is 0.0252 e. The van der Waals surface area contributed by atoms with Crippen molar-refractivity contribution >= 4 is 0 Å². The summed E-state index contributed by atoms with van der Waals surface area (Å²) in [7, 11) is 0. The van der Waals surface area contributed by atoms with Crippen molar-refractivity contribution in [3.63, 3.8) is 0 Å². The summed E-state index contributed by atoms with van der Waals surface area (Å²) in [6, 6.07) is 0.853. The Morgan fingerprint density at radius 1 is 1.31 bits per heavy atom. The number of piperazine rings is 1. The van der Waals surface area contributed by atoms with E-state index in [1.165, 1.54) is 32.4 Å². The van der Waals surface area contributed by atoms with Crippen LogP contribution in [0.3, 0.4) is 0 Å². The van der Waals surface area contributed by atoms with Crippen LogP contribution >= 0.6 is 0 Å². The smallest absolute Gasteiger partial charge is 0.0252 e. The summed E-state index contributed by atoms with van der Waals surface area (Å²) in [5.74, 6) is 1.88. The zero-order chi connectivity index (χ0) is 11.8. The lowest BCUT2D eigenvalue weighted by molar-refractivity contribution is 0.0860. The standard InChI is InChI=1S/C14H28N2/c1-5-12-6-7-13(11(12)2)16-9-8-15-14(3,4)10-16/h11-13,15H,5-10H2,1-4H3. The van der Waals surface area contributed by atoms with Gasteiger partial charge >= 0.3 is 0 Å². The van der Waals surface area contributed by atoms with Gasteiger partial charge in [-0.05, 0) is 38.5 Å². The van der Waals surface area contributed by atoms with Gasteiger partial charge in [-0.3, -0.25) is 4.90 Å². The Bertz CT molecular complexity index is 237. The molecule has 1 saturated heterocycles. The molecule has 2 nitrogen and oxygen atoms in total. The first-order valence-corrected chi connectivity index (χ1v) is 7.02. The molecule has 0 amide bonds. The van der Waals surface area contributed by atoms with Crippen LogP contribution in [0, 0.1) is 11.8 Å². The Kier molecular flexibility index (Phi) is 3.60. The van der Waals surface area contributed by atoms with Crippen molar-refractivity contribution in [1.82, 2.24) is 10.2 Å². The largest absolute Gasteiger partial charge is 0.309 e. The normalized spacial score (nSPS) is 40.1. The number of nitrogens with zero attached hydrogens (tertiary/aromatic N) is 1. The summed E-state index contributed by atoms with van der Waals surface area (Å²) in [6.45, 7) is 13.1. The van der Waals surface area contributed by atoms with E-state index in [-0.39, 0.29) is 0 Å². The van der Waals surface area contributed by atoms with Gasteiger partial charge in [-0.25, -0.2) is 0 Å². The topological polar surface area (TPSA) is 15.3 Å². The summed E-state index contributed by atoms with van der Waals surface area (Å²) < 4.78 is 0. The van der Waals surface area contributed by atoms with Crippen LogP contribution in [0.1, 0.15) is 47.0 Å². The van der Waals surface area contributed by atoms with Crippen LogP contribution < -0.4 is 5.32 Å². The molecule has 1 heterocycles. The SMILES string of the molecule is CCC1CCC(N2CCNC(C)(C)C2)C1C. The first kappa shape index (κ1) is 12.4. The molecule has 3 unspecified atom stereocenters. The molecule has 1 aliphatic carbocycles. The Morgan fingerprint density at radius 2 is 2.06 bits per heavy atom. The van der Waals surface area contributed by atoms with Gasteiger partial charge in [0.25, 0.3) is 0 Å². The van der Waals surface area contributed by atoms with Gasteiger partial charge in [-0.1, -0.05) is 20.3 Å². The van der Waals surface area contributed by atoms with Gasteiger partial charge in [-0.2, -0.15) is 0 Å². The molecule has 94 valence electrons. The van der Waals surface area contributed by atoms with Crippen LogP contribution in [0.25, 0.3) is 0 Å². The van der Waals surface area contributed by atoms with Gasteiger partial charge in [0.1, 0.15) is 0 Å². The monoisotopic (exact) mass is 224 g/mol. The van der Waals surface area contributed by atoms with E-state index in [1.54, 1.807) is 0 Å². The highest BCUT2D eigenvalue weighted by molar-refractivity contribution is 4.94. The van der Waals surface area contributed by atoms with Gasteiger partial charge < -0.3 is 5.32 Å². The van der Waals surface area contributed by atoms with E-state index in [2.05, 4.69) is 37.9 Å². The molecule has 2 fully saturated rings. The second-order valence-corrected chi connectivity index (χ2v) is 6.45. The highest BCUT2D eigenvalue weighted by atomic mass is 15.2. The van der Waals surface area contributed by atoms with Crippen molar-refractivity contribution in [2.75, 3.05) is 19.6 Å². The lowest BCUT2D eigenvalue weighted by Gasteiger charge is -2.43. The molecule has 1 saturated carbocycles. The first-order valence-electron chi connectivity index (χ1n) is 7.02. The first-order chi connectivity index (χ1) is 7.53.